The second-order valence-electron chi connectivity index (χ2n) is 7.78. The molecule has 1 aromatic heterocycles. The predicted molar refractivity (Wildman–Crippen MR) is 139 cm³/mol. The lowest BCUT2D eigenvalue weighted by molar-refractivity contribution is -0.115. The van der Waals surface area contributed by atoms with Crippen LogP contribution in [0.15, 0.2) is 101 Å². The molecular weight excluding hydrogens is 480 g/mol. The zero-order valence-corrected chi connectivity index (χ0v) is 20.8. The van der Waals surface area contributed by atoms with Gasteiger partial charge in [0.05, 0.1) is 4.90 Å². The Morgan fingerprint density at radius 2 is 1.49 bits per heavy atom. The van der Waals surface area contributed by atoms with Crippen molar-refractivity contribution in [3.8, 4) is 0 Å². The number of hydrogen-bond donors (Lipinski definition) is 2. The number of amides is 1. The van der Waals surface area contributed by atoms with Crippen LogP contribution in [0.3, 0.4) is 0 Å². The molecule has 0 saturated carbocycles. The molecule has 0 radical (unpaired) electrons. The van der Waals surface area contributed by atoms with Crippen molar-refractivity contribution in [3.05, 3.63) is 108 Å². The first-order valence-electron chi connectivity index (χ1n) is 10.8. The van der Waals surface area contributed by atoms with E-state index in [0.29, 0.717) is 17.2 Å². The zero-order valence-electron chi connectivity index (χ0n) is 19.2. The molecule has 0 aliphatic heterocycles. The first kappa shape index (κ1) is 24.4. The Hall–Kier alpha value is -3.69. The summed E-state index contributed by atoms with van der Waals surface area (Å²) in [5, 5.41) is 2.43. The number of hydrogen-bond acceptors (Lipinski definition) is 6. The van der Waals surface area contributed by atoms with Crippen molar-refractivity contribution in [2.45, 2.75) is 28.9 Å². The van der Waals surface area contributed by atoms with E-state index in [9.17, 15) is 13.2 Å². The first-order valence-corrected chi connectivity index (χ1v) is 13.2. The highest BCUT2D eigenvalue weighted by molar-refractivity contribution is 8.00. The summed E-state index contributed by atoms with van der Waals surface area (Å²) in [6.07, 6.45) is 0. The summed E-state index contributed by atoms with van der Waals surface area (Å²) >= 11 is 1.45. The molecule has 7 nitrogen and oxygen atoms in total. The van der Waals surface area contributed by atoms with Crippen LogP contribution < -0.4 is 10.0 Å². The second kappa shape index (κ2) is 10.7. The summed E-state index contributed by atoms with van der Waals surface area (Å²) in [5.41, 5.74) is 2.03. The van der Waals surface area contributed by atoms with Gasteiger partial charge in [-0.2, -0.15) is 0 Å². The highest BCUT2D eigenvalue weighted by Gasteiger charge is 2.22. The second-order valence-corrected chi connectivity index (χ2v) is 10.6. The lowest BCUT2D eigenvalue weighted by Gasteiger charge is -2.17. The highest BCUT2D eigenvalue weighted by atomic mass is 32.2. The summed E-state index contributed by atoms with van der Waals surface area (Å²) in [7, 11) is -3.85. The third kappa shape index (κ3) is 6.46. The molecule has 1 unspecified atom stereocenters. The maximum absolute atomic E-state index is 13.2. The molecule has 0 spiro atoms. The number of aryl methyl sites for hydroxylation is 2. The minimum atomic E-state index is -3.85. The van der Waals surface area contributed by atoms with E-state index in [0.717, 1.165) is 10.5 Å². The average Bonchev–Trinajstić information content (AvgIpc) is 2.83. The van der Waals surface area contributed by atoms with E-state index in [4.69, 9.17) is 0 Å². The topological polar surface area (TPSA) is 101 Å². The van der Waals surface area contributed by atoms with Crippen molar-refractivity contribution in [2.24, 2.45) is 0 Å². The van der Waals surface area contributed by atoms with Crippen LogP contribution in [0.1, 0.15) is 22.3 Å². The lowest BCUT2D eigenvalue weighted by atomic mass is 10.1. The summed E-state index contributed by atoms with van der Waals surface area (Å²) in [6, 6.07) is 26.8. The molecular formula is C26H24N4O3S2. The van der Waals surface area contributed by atoms with Gasteiger partial charge in [-0.05, 0) is 55.8 Å². The van der Waals surface area contributed by atoms with Crippen LogP contribution in [0.25, 0.3) is 0 Å². The van der Waals surface area contributed by atoms with Crippen molar-refractivity contribution in [3.63, 3.8) is 0 Å². The van der Waals surface area contributed by atoms with E-state index in [2.05, 4.69) is 20.0 Å². The van der Waals surface area contributed by atoms with Gasteiger partial charge in [0, 0.05) is 22.3 Å². The fourth-order valence-electron chi connectivity index (χ4n) is 3.43. The third-order valence-electron chi connectivity index (χ3n) is 4.97. The quantitative estimate of drug-likeness (QED) is 0.313. The molecule has 0 saturated heterocycles. The van der Waals surface area contributed by atoms with Gasteiger partial charge in [0.2, 0.25) is 5.91 Å². The molecule has 0 fully saturated rings. The zero-order chi connectivity index (χ0) is 24.8. The Bertz CT molecular complexity index is 1390. The molecule has 3 aromatic carbocycles. The molecule has 4 rings (SSSR count). The van der Waals surface area contributed by atoms with Gasteiger partial charge in [-0.15, -0.1) is 11.8 Å². The van der Waals surface area contributed by atoms with Crippen LogP contribution in [-0.2, 0) is 14.8 Å². The SMILES string of the molecule is Cc1cc(NS(=O)(=O)c2ccc(NC(=O)C(Sc3ccccc3)c3ccccc3)cc2)nc(C)n1. The number of aromatic nitrogens is 2. The van der Waals surface area contributed by atoms with Crippen LogP contribution >= 0.6 is 11.8 Å². The molecule has 0 bridgehead atoms. The van der Waals surface area contributed by atoms with E-state index < -0.39 is 15.3 Å². The third-order valence-corrected chi connectivity index (χ3v) is 7.61. The Morgan fingerprint density at radius 3 is 2.11 bits per heavy atom. The summed E-state index contributed by atoms with van der Waals surface area (Å²) in [6.45, 7) is 3.46. The van der Waals surface area contributed by atoms with Crippen molar-refractivity contribution < 1.29 is 13.2 Å². The molecule has 1 heterocycles. The fourth-order valence-corrected chi connectivity index (χ4v) is 5.46. The Labute approximate surface area is 209 Å². The van der Waals surface area contributed by atoms with Crippen molar-refractivity contribution in [2.75, 3.05) is 10.0 Å². The number of rotatable bonds is 8. The first-order chi connectivity index (χ1) is 16.8. The molecule has 0 aliphatic carbocycles. The van der Waals surface area contributed by atoms with Crippen LogP contribution in [0.5, 0.6) is 0 Å². The van der Waals surface area contributed by atoms with Crippen LogP contribution in [-0.4, -0.2) is 24.3 Å². The van der Waals surface area contributed by atoms with E-state index in [1.807, 2.05) is 60.7 Å². The van der Waals surface area contributed by atoms with Crippen molar-refractivity contribution >= 4 is 39.2 Å². The van der Waals surface area contributed by atoms with Gasteiger partial charge >= 0.3 is 0 Å². The summed E-state index contributed by atoms with van der Waals surface area (Å²) < 4.78 is 28.1. The minimum Gasteiger partial charge on any atom is -0.325 e. The monoisotopic (exact) mass is 504 g/mol. The molecule has 2 N–H and O–H groups in total. The van der Waals surface area contributed by atoms with Crippen molar-refractivity contribution in [1.29, 1.82) is 0 Å². The summed E-state index contributed by atoms with van der Waals surface area (Å²) in [5.74, 6) is 0.476. The maximum Gasteiger partial charge on any atom is 0.263 e. The number of thioether (sulfide) groups is 1. The normalized spacial score (nSPS) is 12.1. The predicted octanol–water partition coefficient (Wildman–Crippen LogP) is 5.37. The number of anilines is 2. The van der Waals surface area contributed by atoms with Crippen LogP contribution in [0.2, 0.25) is 0 Å². The van der Waals surface area contributed by atoms with Crippen molar-refractivity contribution in [1.82, 2.24) is 9.97 Å². The van der Waals surface area contributed by atoms with Gasteiger partial charge in [0.1, 0.15) is 16.9 Å². The largest absolute Gasteiger partial charge is 0.325 e. The highest BCUT2D eigenvalue weighted by Crippen LogP contribution is 2.36. The van der Waals surface area contributed by atoms with Gasteiger partial charge < -0.3 is 5.32 Å². The van der Waals surface area contributed by atoms with Gasteiger partial charge in [-0.1, -0.05) is 48.5 Å². The standard InChI is InChI=1S/C26H24N4O3S2/c1-18-17-24(28-19(2)27-18)30-35(32,33)23-15-13-21(14-16-23)29-26(31)25(20-9-5-3-6-10-20)34-22-11-7-4-8-12-22/h3-17,25H,1-2H3,(H,29,31)(H,27,28,30). The van der Waals surface area contributed by atoms with E-state index in [1.165, 1.54) is 23.9 Å². The van der Waals surface area contributed by atoms with E-state index in [-0.39, 0.29) is 16.6 Å². The molecule has 35 heavy (non-hydrogen) atoms. The van der Waals surface area contributed by atoms with Crippen LogP contribution in [0.4, 0.5) is 11.5 Å². The lowest BCUT2D eigenvalue weighted by Crippen LogP contribution is -2.19. The maximum atomic E-state index is 13.2. The summed E-state index contributed by atoms with van der Waals surface area (Å²) in [4.78, 5) is 22.5. The van der Waals surface area contributed by atoms with Gasteiger partial charge in [-0.25, -0.2) is 18.4 Å². The Balaban J connectivity index is 1.50. The molecule has 1 atom stereocenters. The Kier molecular flexibility index (Phi) is 7.48. The number of carbonyl (C=O) groups excluding carboxylic acids is 1. The Morgan fingerprint density at radius 1 is 0.857 bits per heavy atom. The van der Waals surface area contributed by atoms with Crippen LogP contribution in [0, 0.1) is 13.8 Å². The minimum absolute atomic E-state index is 0.0580. The van der Waals surface area contributed by atoms with Gasteiger partial charge in [0.25, 0.3) is 10.0 Å². The van der Waals surface area contributed by atoms with E-state index >= 15 is 0 Å². The average molecular weight is 505 g/mol. The molecule has 178 valence electrons. The number of nitrogens with zero attached hydrogens (tertiary/aromatic N) is 2. The molecule has 1 amide bonds. The number of sulfonamides is 1. The number of benzene rings is 3. The molecule has 0 aliphatic rings. The molecule has 9 heteroatoms. The molecule has 4 aromatic rings. The number of carbonyl (C=O) groups is 1. The fraction of sp³-hybridized carbons (Fsp3) is 0.115. The van der Waals surface area contributed by atoms with Gasteiger partial charge in [-0.3, -0.25) is 9.52 Å². The van der Waals surface area contributed by atoms with Gasteiger partial charge in [0.15, 0.2) is 0 Å². The smallest absolute Gasteiger partial charge is 0.263 e. The van der Waals surface area contributed by atoms with E-state index in [1.54, 1.807) is 32.0 Å². The number of nitrogens with one attached hydrogen (secondary N) is 2.